The summed E-state index contributed by atoms with van der Waals surface area (Å²) in [4.78, 5) is 37.8. The van der Waals surface area contributed by atoms with E-state index in [4.69, 9.17) is 0 Å². The van der Waals surface area contributed by atoms with Crippen molar-refractivity contribution >= 4 is 17.6 Å². The molecule has 1 saturated heterocycles. The summed E-state index contributed by atoms with van der Waals surface area (Å²) in [6.45, 7) is -0.0166. The molecule has 0 unspecified atom stereocenters. The number of nitrogens with zero attached hydrogens (tertiary/aromatic N) is 2. The number of hydrogen-bond donors (Lipinski definition) is 0. The number of likely N-dealkylation sites (N-methyl/N-ethyl adjacent to an activating group) is 1. The summed E-state index contributed by atoms with van der Waals surface area (Å²) in [6, 6.07) is 8.76. The number of Topliss-reactive ketones (excluding diaryl/α,β-unsaturated/α-hetero) is 1. The Bertz CT molecular complexity index is 484. The number of carbonyl (C=O) groups excluding carboxylic acids is 3. The van der Waals surface area contributed by atoms with E-state index in [1.165, 1.54) is 9.80 Å². The summed E-state index contributed by atoms with van der Waals surface area (Å²) < 4.78 is 0. The van der Waals surface area contributed by atoms with Crippen LogP contribution in [0, 0.1) is 0 Å². The molecule has 2 rings (SSSR count). The smallest absolute Gasteiger partial charge is 0.243 e. The van der Waals surface area contributed by atoms with Crippen molar-refractivity contribution in [2.24, 2.45) is 0 Å². The average Bonchev–Trinajstić information content (AvgIpc) is 2.37. The highest BCUT2D eigenvalue weighted by Gasteiger charge is 2.28. The van der Waals surface area contributed by atoms with Crippen LogP contribution in [0.15, 0.2) is 30.3 Å². The van der Waals surface area contributed by atoms with Crippen molar-refractivity contribution in [2.45, 2.75) is 0 Å². The number of hydrogen-bond acceptors (Lipinski definition) is 3. The molecular formula is C13H14N2O3. The zero-order chi connectivity index (χ0) is 13.1. The normalized spacial score (nSPS) is 16.1. The number of rotatable bonds is 3. The first-order chi connectivity index (χ1) is 8.58. The van der Waals surface area contributed by atoms with Crippen LogP contribution in [-0.4, -0.2) is 54.1 Å². The van der Waals surface area contributed by atoms with E-state index < -0.39 is 0 Å². The Morgan fingerprint density at radius 3 is 2.44 bits per heavy atom. The Morgan fingerprint density at radius 2 is 1.78 bits per heavy atom. The first kappa shape index (κ1) is 12.3. The third-order valence-electron chi connectivity index (χ3n) is 2.91. The minimum atomic E-state index is -0.193. The third-order valence-corrected chi connectivity index (χ3v) is 2.91. The summed E-state index contributed by atoms with van der Waals surface area (Å²) in [5, 5.41) is 0. The largest absolute Gasteiger partial charge is 0.335 e. The molecule has 0 spiro atoms. The van der Waals surface area contributed by atoms with E-state index in [1.54, 1.807) is 31.3 Å². The molecule has 1 aromatic carbocycles. The van der Waals surface area contributed by atoms with Gasteiger partial charge in [-0.3, -0.25) is 14.4 Å². The van der Waals surface area contributed by atoms with Crippen molar-refractivity contribution in [3.05, 3.63) is 35.9 Å². The fourth-order valence-electron chi connectivity index (χ4n) is 1.80. The van der Waals surface area contributed by atoms with Gasteiger partial charge in [0.2, 0.25) is 11.8 Å². The van der Waals surface area contributed by atoms with Crippen molar-refractivity contribution in [2.75, 3.05) is 26.7 Å². The molecule has 2 amide bonds. The maximum Gasteiger partial charge on any atom is 0.243 e. The molecule has 0 saturated carbocycles. The molecule has 0 aromatic heterocycles. The molecule has 0 atom stereocenters. The topological polar surface area (TPSA) is 57.7 Å². The quantitative estimate of drug-likeness (QED) is 0.714. The summed E-state index contributed by atoms with van der Waals surface area (Å²) in [5.74, 6) is -0.488. The van der Waals surface area contributed by atoms with Crippen LogP contribution >= 0.6 is 0 Å². The monoisotopic (exact) mass is 246 g/mol. The standard InChI is InChI=1S/C13H14N2O3/c1-14-8-13(18)15(9-12(14)17)7-11(16)10-5-3-2-4-6-10/h2-6H,7-9H2,1H3. The van der Waals surface area contributed by atoms with Gasteiger partial charge in [0.1, 0.15) is 6.54 Å². The van der Waals surface area contributed by atoms with E-state index >= 15 is 0 Å². The predicted octanol–water partition coefficient (Wildman–Crippen LogP) is 0.170. The number of carbonyl (C=O) groups is 3. The molecule has 1 fully saturated rings. The number of benzene rings is 1. The number of amides is 2. The van der Waals surface area contributed by atoms with Gasteiger partial charge in [0, 0.05) is 12.6 Å². The van der Waals surface area contributed by atoms with Crippen LogP contribution in [0.2, 0.25) is 0 Å². The summed E-state index contributed by atoms with van der Waals surface area (Å²) in [5.41, 5.74) is 0.552. The second-order valence-corrected chi connectivity index (χ2v) is 4.29. The molecule has 0 radical (unpaired) electrons. The zero-order valence-electron chi connectivity index (χ0n) is 10.1. The first-order valence-corrected chi connectivity index (χ1v) is 5.68. The second kappa shape index (κ2) is 5.00. The van der Waals surface area contributed by atoms with Crippen LogP contribution < -0.4 is 0 Å². The van der Waals surface area contributed by atoms with Crippen molar-refractivity contribution in [3.8, 4) is 0 Å². The maximum atomic E-state index is 11.9. The van der Waals surface area contributed by atoms with Gasteiger partial charge < -0.3 is 9.80 Å². The molecule has 5 nitrogen and oxygen atoms in total. The molecule has 94 valence electrons. The van der Waals surface area contributed by atoms with Crippen LogP contribution in [0.1, 0.15) is 10.4 Å². The van der Waals surface area contributed by atoms with Crippen LogP contribution in [0.3, 0.4) is 0 Å². The predicted molar refractivity (Wildman–Crippen MR) is 65.0 cm³/mol. The Morgan fingerprint density at radius 1 is 1.11 bits per heavy atom. The van der Waals surface area contributed by atoms with Gasteiger partial charge in [-0.1, -0.05) is 30.3 Å². The lowest BCUT2D eigenvalue weighted by molar-refractivity contribution is -0.148. The molecule has 0 aliphatic carbocycles. The van der Waals surface area contributed by atoms with Crippen LogP contribution in [0.4, 0.5) is 0 Å². The molecule has 1 aliphatic heterocycles. The van der Waals surface area contributed by atoms with Gasteiger partial charge in [0.25, 0.3) is 0 Å². The maximum absolute atomic E-state index is 11.9. The highest BCUT2D eigenvalue weighted by molar-refractivity contribution is 6.01. The van der Waals surface area contributed by atoms with Gasteiger partial charge in [-0.05, 0) is 0 Å². The Kier molecular flexibility index (Phi) is 3.41. The van der Waals surface area contributed by atoms with E-state index in [9.17, 15) is 14.4 Å². The highest BCUT2D eigenvalue weighted by atomic mass is 16.2. The van der Waals surface area contributed by atoms with Crippen LogP contribution in [-0.2, 0) is 9.59 Å². The van der Waals surface area contributed by atoms with Crippen molar-refractivity contribution in [3.63, 3.8) is 0 Å². The summed E-state index contributed by atoms with van der Waals surface area (Å²) >= 11 is 0. The van der Waals surface area contributed by atoms with Crippen molar-refractivity contribution in [1.82, 2.24) is 9.80 Å². The van der Waals surface area contributed by atoms with Gasteiger partial charge in [0.05, 0.1) is 13.1 Å². The lowest BCUT2D eigenvalue weighted by atomic mass is 10.1. The Hall–Kier alpha value is -2.17. The van der Waals surface area contributed by atoms with Gasteiger partial charge in [-0.15, -0.1) is 0 Å². The molecule has 5 heteroatoms. The van der Waals surface area contributed by atoms with E-state index in [1.807, 2.05) is 6.07 Å². The van der Waals surface area contributed by atoms with Gasteiger partial charge in [0.15, 0.2) is 5.78 Å². The minimum Gasteiger partial charge on any atom is -0.335 e. The SMILES string of the molecule is CN1CC(=O)N(CC(=O)c2ccccc2)CC1=O. The second-order valence-electron chi connectivity index (χ2n) is 4.29. The Balaban J connectivity index is 2.04. The third kappa shape index (κ3) is 2.56. The zero-order valence-corrected chi connectivity index (χ0v) is 10.1. The summed E-state index contributed by atoms with van der Waals surface area (Å²) in [7, 11) is 1.58. The lowest BCUT2D eigenvalue weighted by Crippen LogP contribution is -2.53. The number of ketones is 1. The molecule has 18 heavy (non-hydrogen) atoms. The van der Waals surface area contributed by atoms with Gasteiger partial charge in [-0.2, -0.15) is 0 Å². The molecule has 0 bridgehead atoms. The molecule has 1 aromatic rings. The van der Waals surface area contributed by atoms with Gasteiger partial charge in [-0.25, -0.2) is 0 Å². The number of piperazine rings is 1. The lowest BCUT2D eigenvalue weighted by Gasteiger charge is -2.31. The van der Waals surface area contributed by atoms with Crippen LogP contribution in [0.5, 0.6) is 0 Å². The fraction of sp³-hybridized carbons (Fsp3) is 0.308. The molecular weight excluding hydrogens is 232 g/mol. The van der Waals surface area contributed by atoms with E-state index in [0.717, 1.165) is 0 Å². The van der Waals surface area contributed by atoms with E-state index in [-0.39, 0.29) is 37.2 Å². The van der Waals surface area contributed by atoms with Crippen molar-refractivity contribution < 1.29 is 14.4 Å². The summed E-state index contributed by atoms with van der Waals surface area (Å²) in [6.07, 6.45) is 0. The van der Waals surface area contributed by atoms with Crippen LogP contribution in [0.25, 0.3) is 0 Å². The fourth-order valence-corrected chi connectivity index (χ4v) is 1.80. The molecule has 1 aliphatic rings. The molecule has 1 heterocycles. The van der Waals surface area contributed by atoms with Crippen molar-refractivity contribution in [1.29, 1.82) is 0 Å². The highest BCUT2D eigenvalue weighted by Crippen LogP contribution is 2.06. The minimum absolute atomic E-state index is 0.0199. The first-order valence-electron chi connectivity index (χ1n) is 5.68. The van der Waals surface area contributed by atoms with Gasteiger partial charge >= 0.3 is 0 Å². The molecule has 0 N–H and O–H groups in total. The average molecular weight is 246 g/mol. The van der Waals surface area contributed by atoms with E-state index in [2.05, 4.69) is 0 Å². The Labute approximate surface area is 105 Å². The van der Waals surface area contributed by atoms with E-state index in [0.29, 0.717) is 5.56 Å².